The number of rotatable bonds is 4. The molecule has 0 fully saturated rings. The van der Waals surface area contributed by atoms with Crippen molar-refractivity contribution >= 4 is 34.7 Å². The van der Waals surface area contributed by atoms with E-state index in [1.165, 1.54) is 18.2 Å². The van der Waals surface area contributed by atoms with Gasteiger partial charge in [-0.2, -0.15) is 0 Å². The fourth-order valence-corrected chi connectivity index (χ4v) is 1.91. The van der Waals surface area contributed by atoms with Gasteiger partial charge in [-0.1, -0.05) is 29.3 Å². The molecule has 0 amide bonds. The minimum absolute atomic E-state index is 0.0283. The van der Waals surface area contributed by atoms with Crippen molar-refractivity contribution in [2.45, 2.75) is 6.61 Å². The van der Waals surface area contributed by atoms with E-state index in [2.05, 4.69) is 4.98 Å². The molecule has 2 N–H and O–H groups in total. The third-order valence-corrected chi connectivity index (χ3v) is 3.08. The number of aromatic nitrogens is 1. The Balaban J connectivity index is 2.27. The van der Waals surface area contributed by atoms with Crippen LogP contribution in [0.1, 0.15) is 5.69 Å². The van der Waals surface area contributed by atoms with E-state index in [4.69, 9.17) is 33.7 Å². The van der Waals surface area contributed by atoms with E-state index >= 15 is 0 Å². The number of hydrogen-bond donors (Lipinski definition) is 1. The fourth-order valence-electron chi connectivity index (χ4n) is 1.53. The summed E-state index contributed by atoms with van der Waals surface area (Å²) in [4.78, 5) is 14.3. The Morgan fingerprint density at radius 1 is 1.25 bits per heavy atom. The molecule has 0 radical (unpaired) electrons. The van der Waals surface area contributed by atoms with Crippen LogP contribution < -0.4 is 10.5 Å². The maximum absolute atomic E-state index is 10.9. The summed E-state index contributed by atoms with van der Waals surface area (Å²) in [6.07, 6.45) is 0. The lowest BCUT2D eigenvalue weighted by Crippen LogP contribution is -2.03. The second-order valence-electron chi connectivity index (χ2n) is 3.80. The Hall–Kier alpha value is -2.05. The number of pyridine rings is 1. The molecular formula is C12H9Cl2N3O3. The van der Waals surface area contributed by atoms with Gasteiger partial charge in [-0.05, 0) is 18.2 Å². The summed E-state index contributed by atoms with van der Waals surface area (Å²) in [6.45, 7) is -0.0750. The number of benzene rings is 1. The van der Waals surface area contributed by atoms with Crippen LogP contribution in [0, 0.1) is 10.1 Å². The number of anilines is 1. The van der Waals surface area contributed by atoms with Crippen molar-refractivity contribution in [1.29, 1.82) is 0 Å². The average molecular weight is 314 g/mol. The summed E-state index contributed by atoms with van der Waals surface area (Å²) in [7, 11) is 0. The number of nitrogens with zero attached hydrogens (tertiary/aromatic N) is 2. The van der Waals surface area contributed by atoms with E-state index in [0.29, 0.717) is 10.7 Å². The highest BCUT2D eigenvalue weighted by Gasteiger charge is 2.18. The van der Waals surface area contributed by atoms with E-state index < -0.39 is 4.92 Å². The molecule has 2 aromatic rings. The van der Waals surface area contributed by atoms with Crippen molar-refractivity contribution in [3.8, 4) is 5.75 Å². The van der Waals surface area contributed by atoms with Crippen molar-refractivity contribution in [1.82, 2.24) is 4.98 Å². The molecule has 0 spiro atoms. The molecule has 1 heterocycles. The fraction of sp³-hybridized carbons (Fsp3) is 0.0833. The molecule has 2 rings (SSSR count). The van der Waals surface area contributed by atoms with Crippen molar-refractivity contribution in [3.63, 3.8) is 0 Å². The van der Waals surface area contributed by atoms with Crippen LogP contribution in [0.2, 0.25) is 10.0 Å². The van der Waals surface area contributed by atoms with Crippen LogP contribution in [0.15, 0.2) is 30.3 Å². The first-order valence-corrected chi connectivity index (χ1v) is 6.21. The zero-order valence-corrected chi connectivity index (χ0v) is 11.6. The van der Waals surface area contributed by atoms with Crippen molar-refractivity contribution < 1.29 is 9.66 Å². The number of nitrogen functional groups attached to an aromatic ring is 1. The van der Waals surface area contributed by atoms with Crippen LogP contribution in [0.25, 0.3) is 0 Å². The smallest absolute Gasteiger partial charge is 0.312 e. The van der Waals surface area contributed by atoms with Gasteiger partial charge in [0.15, 0.2) is 0 Å². The molecule has 104 valence electrons. The number of nitro benzene ring substituents is 1. The summed E-state index contributed by atoms with van der Waals surface area (Å²) in [5.41, 5.74) is 5.70. The molecule has 0 saturated carbocycles. The molecule has 8 heteroatoms. The van der Waals surface area contributed by atoms with Gasteiger partial charge in [0.1, 0.15) is 12.4 Å². The molecule has 0 aliphatic heterocycles. The number of halogens is 2. The van der Waals surface area contributed by atoms with Gasteiger partial charge < -0.3 is 10.5 Å². The van der Waals surface area contributed by atoms with E-state index in [0.717, 1.165) is 0 Å². The number of ether oxygens (including phenoxy) is 1. The second-order valence-corrected chi connectivity index (χ2v) is 4.61. The van der Waals surface area contributed by atoms with E-state index in [1.807, 2.05) is 0 Å². The van der Waals surface area contributed by atoms with Gasteiger partial charge in [0.05, 0.1) is 20.7 Å². The predicted molar refractivity (Wildman–Crippen MR) is 76.1 cm³/mol. The van der Waals surface area contributed by atoms with Gasteiger partial charge in [0, 0.05) is 6.07 Å². The quantitative estimate of drug-likeness (QED) is 0.689. The zero-order chi connectivity index (χ0) is 14.7. The Morgan fingerprint density at radius 3 is 2.70 bits per heavy atom. The van der Waals surface area contributed by atoms with Gasteiger partial charge in [0.25, 0.3) is 0 Å². The van der Waals surface area contributed by atoms with Gasteiger partial charge >= 0.3 is 5.69 Å². The van der Waals surface area contributed by atoms with Crippen LogP contribution in [-0.4, -0.2) is 9.91 Å². The third kappa shape index (κ3) is 3.09. The van der Waals surface area contributed by atoms with Crippen LogP contribution >= 0.6 is 23.2 Å². The normalized spacial score (nSPS) is 10.3. The summed E-state index contributed by atoms with van der Waals surface area (Å²) in [6, 6.07) is 7.39. The Labute approximate surface area is 124 Å². The Morgan fingerprint density at radius 2 is 2.00 bits per heavy atom. The standard InChI is InChI=1S/C12H9Cl2N3O3/c13-7-4-5-11(15)16-9(7)6-20-12-8(14)2-1-3-10(12)17(18)19/h1-5H,6H2,(H2,15,16). The molecule has 0 unspecified atom stereocenters. The highest BCUT2D eigenvalue weighted by Crippen LogP contribution is 2.35. The van der Waals surface area contributed by atoms with E-state index in [-0.39, 0.29) is 28.9 Å². The molecule has 0 bridgehead atoms. The molecule has 0 saturated heterocycles. The molecule has 0 atom stereocenters. The first kappa shape index (κ1) is 14.4. The number of nitro groups is 1. The predicted octanol–water partition coefficient (Wildman–Crippen LogP) is 3.46. The van der Waals surface area contributed by atoms with Crippen molar-refractivity contribution in [2.75, 3.05) is 5.73 Å². The van der Waals surface area contributed by atoms with Crippen LogP contribution in [0.3, 0.4) is 0 Å². The average Bonchev–Trinajstić information content (AvgIpc) is 2.40. The van der Waals surface area contributed by atoms with Gasteiger partial charge in [0.2, 0.25) is 5.75 Å². The minimum Gasteiger partial charge on any atom is -0.479 e. The van der Waals surface area contributed by atoms with Crippen molar-refractivity contribution in [3.05, 3.63) is 56.2 Å². The van der Waals surface area contributed by atoms with Gasteiger partial charge in [-0.3, -0.25) is 10.1 Å². The van der Waals surface area contributed by atoms with Gasteiger partial charge in [-0.25, -0.2) is 4.98 Å². The lowest BCUT2D eigenvalue weighted by Gasteiger charge is -2.09. The lowest BCUT2D eigenvalue weighted by atomic mass is 10.3. The summed E-state index contributed by atoms with van der Waals surface area (Å²) in [5, 5.41) is 11.4. The first-order chi connectivity index (χ1) is 9.49. The molecule has 20 heavy (non-hydrogen) atoms. The number of hydrogen-bond acceptors (Lipinski definition) is 5. The summed E-state index contributed by atoms with van der Waals surface area (Å²) >= 11 is 11.8. The summed E-state index contributed by atoms with van der Waals surface area (Å²) < 4.78 is 5.38. The minimum atomic E-state index is -0.574. The largest absolute Gasteiger partial charge is 0.479 e. The zero-order valence-electron chi connectivity index (χ0n) is 10.0. The van der Waals surface area contributed by atoms with Crippen molar-refractivity contribution in [2.24, 2.45) is 0 Å². The second kappa shape index (κ2) is 5.94. The highest BCUT2D eigenvalue weighted by molar-refractivity contribution is 6.32. The molecular weight excluding hydrogens is 305 g/mol. The maximum Gasteiger partial charge on any atom is 0.312 e. The Bertz CT molecular complexity index is 664. The van der Waals surface area contributed by atoms with Crippen LogP contribution in [-0.2, 0) is 6.61 Å². The molecule has 6 nitrogen and oxygen atoms in total. The topological polar surface area (TPSA) is 91.3 Å². The van der Waals surface area contributed by atoms with Crippen LogP contribution in [0.4, 0.5) is 11.5 Å². The SMILES string of the molecule is Nc1ccc(Cl)c(COc2c(Cl)cccc2[N+](=O)[O-])n1. The molecule has 0 aliphatic carbocycles. The lowest BCUT2D eigenvalue weighted by molar-refractivity contribution is -0.385. The molecule has 0 aliphatic rings. The van der Waals surface area contributed by atoms with E-state index in [9.17, 15) is 10.1 Å². The van der Waals surface area contributed by atoms with Crippen LogP contribution in [0.5, 0.6) is 5.75 Å². The number of nitrogens with two attached hydrogens (primary N) is 1. The van der Waals surface area contributed by atoms with Gasteiger partial charge in [-0.15, -0.1) is 0 Å². The third-order valence-electron chi connectivity index (χ3n) is 2.44. The summed E-state index contributed by atoms with van der Waals surface area (Å²) in [5.74, 6) is 0.251. The molecule has 1 aromatic heterocycles. The highest BCUT2D eigenvalue weighted by atomic mass is 35.5. The monoisotopic (exact) mass is 313 g/mol. The maximum atomic E-state index is 10.9. The molecule has 1 aromatic carbocycles. The van der Waals surface area contributed by atoms with E-state index in [1.54, 1.807) is 12.1 Å². The number of para-hydroxylation sites is 1. The first-order valence-electron chi connectivity index (χ1n) is 5.45. The Kier molecular flexibility index (Phi) is 4.26.